The monoisotopic (exact) mass is 436 g/mol. The van der Waals surface area contributed by atoms with Crippen molar-refractivity contribution in [3.63, 3.8) is 0 Å². The van der Waals surface area contributed by atoms with Crippen molar-refractivity contribution in [3.05, 3.63) is 47.5 Å². The van der Waals surface area contributed by atoms with E-state index in [1.54, 1.807) is 6.08 Å². The van der Waals surface area contributed by atoms with E-state index in [4.69, 9.17) is 14.6 Å². The first-order chi connectivity index (χ1) is 15.7. The molecule has 6 heteroatoms. The molecule has 0 radical (unpaired) electrons. The number of anilines is 1. The molecule has 1 aliphatic heterocycles. The minimum Gasteiger partial charge on any atom is -0.394 e. The molecule has 6 nitrogen and oxygen atoms in total. The predicted octanol–water partition coefficient (Wildman–Crippen LogP) is 4.11. The summed E-state index contributed by atoms with van der Waals surface area (Å²) in [5, 5.41) is 20.6. The number of benzene rings is 2. The second kappa shape index (κ2) is 12.4. The Bertz CT molecular complexity index is 979. The number of aliphatic hydroxyl groups is 1. The van der Waals surface area contributed by atoms with E-state index in [0.717, 1.165) is 41.4 Å². The summed E-state index contributed by atoms with van der Waals surface area (Å²) in [6, 6.07) is 14.9. The molecule has 0 spiro atoms. The average Bonchev–Trinajstić information content (AvgIpc) is 3.24. The van der Waals surface area contributed by atoms with Crippen LogP contribution in [0.2, 0.25) is 0 Å². The average molecular weight is 437 g/mol. The number of hydrogen-bond acceptors (Lipinski definition) is 6. The molecule has 1 fully saturated rings. The van der Waals surface area contributed by atoms with Crippen LogP contribution in [-0.2, 0) is 14.3 Å². The lowest BCUT2D eigenvalue weighted by Gasteiger charge is -2.27. The molecule has 32 heavy (non-hydrogen) atoms. The molecule has 1 N–H and O–H groups in total. The second-order valence-electron chi connectivity index (χ2n) is 8.05. The van der Waals surface area contributed by atoms with Crippen molar-refractivity contribution in [1.82, 2.24) is 0 Å². The van der Waals surface area contributed by atoms with Crippen molar-refractivity contribution in [1.29, 1.82) is 5.26 Å². The highest BCUT2D eigenvalue weighted by Crippen LogP contribution is 2.36. The van der Waals surface area contributed by atoms with Crippen LogP contribution in [-0.4, -0.2) is 56.5 Å². The summed E-state index contributed by atoms with van der Waals surface area (Å²) >= 11 is 0. The number of nitrogens with zero attached hydrogens (tertiary/aromatic N) is 2. The highest BCUT2D eigenvalue weighted by Gasteiger charge is 2.24. The molecule has 0 bridgehead atoms. The number of Topliss-reactive ketones (excluding diaryl/α,β-unsaturated/α-hetero) is 1. The number of fused-ring (bicyclic) bond motifs is 1. The summed E-state index contributed by atoms with van der Waals surface area (Å²) in [6.07, 6.45) is 4.84. The zero-order valence-electron chi connectivity index (χ0n) is 18.8. The maximum Gasteiger partial charge on any atom is 0.173 e. The normalized spacial score (nSPS) is 16.5. The van der Waals surface area contributed by atoms with Crippen LogP contribution in [0, 0.1) is 11.3 Å². The minimum absolute atomic E-state index is 0.00658. The first-order valence-corrected chi connectivity index (χ1v) is 11.4. The van der Waals surface area contributed by atoms with E-state index in [0.29, 0.717) is 38.9 Å². The third kappa shape index (κ3) is 6.17. The fourth-order valence-corrected chi connectivity index (χ4v) is 4.16. The molecule has 0 aromatic heterocycles. The van der Waals surface area contributed by atoms with Gasteiger partial charge in [-0.05, 0) is 43.2 Å². The number of hydrogen-bond donors (Lipinski definition) is 1. The Morgan fingerprint density at radius 3 is 2.69 bits per heavy atom. The Labute approximate surface area is 190 Å². The van der Waals surface area contributed by atoms with E-state index in [-0.39, 0.29) is 24.4 Å². The topological polar surface area (TPSA) is 82.8 Å². The molecular weight excluding hydrogens is 404 g/mol. The molecule has 0 saturated carbocycles. The van der Waals surface area contributed by atoms with Crippen LogP contribution in [0.5, 0.6) is 0 Å². The molecule has 0 aliphatic carbocycles. The largest absolute Gasteiger partial charge is 0.394 e. The fourth-order valence-electron chi connectivity index (χ4n) is 4.16. The molecule has 1 aliphatic rings. The highest BCUT2D eigenvalue weighted by molar-refractivity contribution is 6.06. The Balaban J connectivity index is 1.72. The van der Waals surface area contributed by atoms with Crippen LogP contribution < -0.4 is 4.90 Å². The second-order valence-corrected chi connectivity index (χ2v) is 8.05. The smallest absolute Gasteiger partial charge is 0.173 e. The summed E-state index contributed by atoms with van der Waals surface area (Å²) in [7, 11) is 0. The SMILES string of the molecule is CC1CCCN1c1c(/C=C(\C#N)C(=O)CCCOCCOCCO)ccc2ccccc12. The van der Waals surface area contributed by atoms with E-state index in [9.17, 15) is 10.1 Å². The van der Waals surface area contributed by atoms with Crippen molar-refractivity contribution in [3.8, 4) is 6.07 Å². The maximum atomic E-state index is 12.7. The van der Waals surface area contributed by atoms with E-state index >= 15 is 0 Å². The van der Waals surface area contributed by atoms with Crippen LogP contribution >= 0.6 is 0 Å². The first kappa shape index (κ1) is 23.9. The molecule has 1 heterocycles. The zero-order chi connectivity index (χ0) is 22.8. The third-order valence-corrected chi connectivity index (χ3v) is 5.79. The van der Waals surface area contributed by atoms with E-state index in [1.165, 1.54) is 0 Å². The molecule has 170 valence electrons. The lowest BCUT2D eigenvalue weighted by molar-refractivity contribution is -0.115. The number of allylic oxidation sites excluding steroid dienone is 1. The Morgan fingerprint density at radius 1 is 1.19 bits per heavy atom. The molecule has 1 saturated heterocycles. The summed E-state index contributed by atoms with van der Waals surface area (Å²) in [4.78, 5) is 15.1. The van der Waals surface area contributed by atoms with Gasteiger partial charge in [0, 0.05) is 31.0 Å². The molecule has 2 aromatic carbocycles. The van der Waals surface area contributed by atoms with E-state index in [1.807, 2.05) is 18.2 Å². The number of carbonyl (C=O) groups is 1. The zero-order valence-corrected chi connectivity index (χ0v) is 18.8. The van der Waals surface area contributed by atoms with Gasteiger partial charge in [-0.25, -0.2) is 0 Å². The minimum atomic E-state index is -0.166. The summed E-state index contributed by atoms with van der Waals surface area (Å²) < 4.78 is 10.6. The number of ether oxygens (including phenoxy) is 2. The number of ketones is 1. The van der Waals surface area contributed by atoms with Gasteiger partial charge in [-0.3, -0.25) is 4.79 Å². The Morgan fingerprint density at radius 2 is 1.97 bits per heavy atom. The molecular formula is C26H32N2O4. The van der Waals surface area contributed by atoms with Gasteiger partial charge in [0.1, 0.15) is 6.07 Å². The van der Waals surface area contributed by atoms with Gasteiger partial charge in [-0.1, -0.05) is 36.4 Å². The summed E-state index contributed by atoms with van der Waals surface area (Å²) in [5.74, 6) is -0.166. The van der Waals surface area contributed by atoms with Crippen LogP contribution in [0.3, 0.4) is 0 Å². The van der Waals surface area contributed by atoms with Gasteiger partial charge in [-0.15, -0.1) is 0 Å². The first-order valence-electron chi connectivity index (χ1n) is 11.4. The molecule has 1 atom stereocenters. The standard InChI is InChI=1S/C26H32N2O4/c1-20-6-4-12-28(20)26-22(11-10-21-7-2-3-8-24(21)26)18-23(19-27)25(30)9-5-14-31-16-17-32-15-13-29/h2-3,7-8,10-11,18,20,29H,4-6,9,12-17H2,1H3/b23-18+. The number of aliphatic hydroxyl groups excluding tert-OH is 1. The molecule has 1 unspecified atom stereocenters. The van der Waals surface area contributed by atoms with Gasteiger partial charge < -0.3 is 19.5 Å². The lowest BCUT2D eigenvalue weighted by Crippen LogP contribution is -2.27. The van der Waals surface area contributed by atoms with Gasteiger partial charge in [0.2, 0.25) is 0 Å². The lowest BCUT2D eigenvalue weighted by atomic mass is 9.98. The van der Waals surface area contributed by atoms with Crippen molar-refractivity contribution in [2.75, 3.05) is 44.5 Å². The summed E-state index contributed by atoms with van der Waals surface area (Å²) in [5.41, 5.74) is 2.21. The Kier molecular flexibility index (Phi) is 9.24. The van der Waals surface area contributed by atoms with Gasteiger partial charge in [-0.2, -0.15) is 5.26 Å². The summed E-state index contributed by atoms with van der Waals surface area (Å²) in [6.45, 7) is 4.76. The van der Waals surface area contributed by atoms with E-state index in [2.05, 4.69) is 36.1 Å². The van der Waals surface area contributed by atoms with Crippen molar-refractivity contribution in [2.24, 2.45) is 0 Å². The van der Waals surface area contributed by atoms with E-state index < -0.39 is 0 Å². The van der Waals surface area contributed by atoms with Gasteiger partial charge in [0.05, 0.1) is 37.7 Å². The molecule has 0 amide bonds. The Hall–Kier alpha value is -2.72. The van der Waals surface area contributed by atoms with Crippen LogP contribution in [0.25, 0.3) is 16.8 Å². The van der Waals surface area contributed by atoms with Gasteiger partial charge >= 0.3 is 0 Å². The quantitative estimate of drug-likeness (QED) is 0.306. The fraction of sp³-hybridized carbons (Fsp3) is 0.462. The van der Waals surface area contributed by atoms with Gasteiger partial charge in [0.15, 0.2) is 5.78 Å². The highest BCUT2D eigenvalue weighted by atomic mass is 16.5. The van der Waals surface area contributed by atoms with Crippen molar-refractivity contribution in [2.45, 2.75) is 38.6 Å². The molecule has 3 rings (SSSR count). The van der Waals surface area contributed by atoms with Crippen LogP contribution in [0.15, 0.2) is 42.0 Å². The number of rotatable bonds is 12. The van der Waals surface area contributed by atoms with Crippen molar-refractivity contribution < 1.29 is 19.4 Å². The number of carbonyl (C=O) groups excluding carboxylic acids is 1. The molecule has 2 aromatic rings. The van der Waals surface area contributed by atoms with Gasteiger partial charge in [0.25, 0.3) is 0 Å². The predicted molar refractivity (Wildman–Crippen MR) is 127 cm³/mol. The van der Waals surface area contributed by atoms with Crippen LogP contribution in [0.4, 0.5) is 5.69 Å². The third-order valence-electron chi connectivity index (χ3n) is 5.79. The maximum absolute atomic E-state index is 12.7. The number of nitriles is 1. The van der Waals surface area contributed by atoms with Crippen LogP contribution in [0.1, 0.15) is 38.2 Å². The van der Waals surface area contributed by atoms with Crippen molar-refractivity contribution >= 4 is 28.3 Å².